The van der Waals surface area contributed by atoms with E-state index in [0.717, 1.165) is 11.1 Å². The summed E-state index contributed by atoms with van der Waals surface area (Å²) >= 11 is 7.78. The monoisotopic (exact) mass is 270 g/mol. The highest BCUT2D eigenvalue weighted by molar-refractivity contribution is 8.01. The van der Waals surface area contributed by atoms with Gasteiger partial charge in [-0.15, -0.1) is 11.8 Å². The summed E-state index contributed by atoms with van der Waals surface area (Å²) in [5, 5.41) is 0.694. The summed E-state index contributed by atoms with van der Waals surface area (Å²) in [6, 6.07) is 5.84. The normalized spacial score (nSPS) is 11.6. The van der Waals surface area contributed by atoms with Crippen molar-refractivity contribution in [3.63, 3.8) is 0 Å². The first-order valence-electron chi connectivity index (χ1n) is 5.68. The van der Waals surface area contributed by atoms with Gasteiger partial charge in [0.25, 0.3) is 0 Å². The molecule has 0 spiro atoms. The second-order valence-corrected chi connectivity index (χ2v) is 7.42. The van der Waals surface area contributed by atoms with Crippen LogP contribution >= 0.6 is 23.4 Å². The summed E-state index contributed by atoms with van der Waals surface area (Å²) < 4.78 is 0.132. The number of halogens is 1. The van der Waals surface area contributed by atoms with Gasteiger partial charge in [-0.1, -0.05) is 44.5 Å². The maximum absolute atomic E-state index is 11.8. The molecule has 1 rings (SSSR count). The van der Waals surface area contributed by atoms with Crippen molar-refractivity contribution in [3.8, 4) is 0 Å². The van der Waals surface area contributed by atoms with E-state index in [1.165, 1.54) is 0 Å². The summed E-state index contributed by atoms with van der Waals surface area (Å²) in [4.78, 5) is 11.8. The second-order valence-electron chi connectivity index (χ2n) is 5.21. The van der Waals surface area contributed by atoms with E-state index >= 15 is 0 Å². The van der Waals surface area contributed by atoms with Gasteiger partial charge in [0.1, 0.15) is 5.78 Å². The molecule has 0 heterocycles. The average Bonchev–Trinajstić information content (AvgIpc) is 2.18. The van der Waals surface area contributed by atoms with Crippen molar-refractivity contribution in [1.82, 2.24) is 0 Å². The number of Topliss-reactive ketones (excluding diaryl/α,β-unsaturated/α-hetero) is 1. The van der Waals surface area contributed by atoms with E-state index < -0.39 is 0 Å². The molecule has 3 heteroatoms. The lowest BCUT2D eigenvalue weighted by atomic mass is 10.1. The van der Waals surface area contributed by atoms with Crippen LogP contribution in [-0.4, -0.2) is 16.3 Å². The molecule has 0 aliphatic rings. The number of hydrogen-bond donors (Lipinski definition) is 0. The van der Waals surface area contributed by atoms with E-state index in [0.29, 0.717) is 17.2 Å². The van der Waals surface area contributed by atoms with Crippen LogP contribution in [0.15, 0.2) is 18.2 Å². The fraction of sp³-hybridized carbons (Fsp3) is 0.500. The molecular weight excluding hydrogens is 252 g/mol. The lowest BCUT2D eigenvalue weighted by molar-refractivity contribution is -0.116. The van der Waals surface area contributed by atoms with Crippen molar-refractivity contribution in [3.05, 3.63) is 34.3 Å². The third-order valence-corrected chi connectivity index (χ3v) is 3.95. The SMILES string of the molecule is Cc1ccc(CC(=O)CSC(C)(C)C)c(Cl)c1. The summed E-state index contributed by atoms with van der Waals surface area (Å²) in [6.45, 7) is 8.34. The number of hydrogen-bond acceptors (Lipinski definition) is 2. The highest BCUT2D eigenvalue weighted by atomic mass is 35.5. The van der Waals surface area contributed by atoms with Gasteiger partial charge in [0, 0.05) is 16.2 Å². The first kappa shape index (κ1) is 14.6. The maximum atomic E-state index is 11.8. The molecule has 94 valence electrons. The number of ketones is 1. The van der Waals surface area contributed by atoms with Crippen molar-refractivity contribution in [1.29, 1.82) is 0 Å². The highest BCUT2D eigenvalue weighted by Crippen LogP contribution is 2.24. The Kier molecular flexibility index (Phi) is 5.08. The quantitative estimate of drug-likeness (QED) is 0.812. The summed E-state index contributed by atoms with van der Waals surface area (Å²) in [7, 11) is 0. The van der Waals surface area contributed by atoms with E-state index in [1.807, 2.05) is 25.1 Å². The number of rotatable bonds is 4. The van der Waals surface area contributed by atoms with Crippen molar-refractivity contribution in [2.75, 3.05) is 5.75 Å². The molecule has 1 nitrogen and oxygen atoms in total. The van der Waals surface area contributed by atoms with Crippen LogP contribution in [0.5, 0.6) is 0 Å². The van der Waals surface area contributed by atoms with Gasteiger partial charge >= 0.3 is 0 Å². The van der Waals surface area contributed by atoms with Gasteiger partial charge in [0.05, 0.1) is 5.75 Å². The van der Waals surface area contributed by atoms with E-state index in [2.05, 4.69) is 20.8 Å². The maximum Gasteiger partial charge on any atom is 0.147 e. The van der Waals surface area contributed by atoms with E-state index in [9.17, 15) is 4.79 Å². The minimum absolute atomic E-state index is 0.132. The van der Waals surface area contributed by atoms with Crippen LogP contribution in [0.2, 0.25) is 5.02 Å². The van der Waals surface area contributed by atoms with E-state index in [-0.39, 0.29) is 10.5 Å². The van der Waals surface area contributed by atoms with Crippen molar-refractivity contribution >= 4 is 29.1 Å². The number of thioether (sulfide) groups is 1. The fourth-order valence-electron chi connectivity index (χ4n) is 1.36. The van der Waals surface area contributed by atoms with Gasteiger partial charge in [-0.25, -0.2) is 0 Å². The topological polar surface area (TPSA) is 17.1 Å². The molecule has 0 aliphatic carbocycles. The van der Waals surface area contributed by atoms with Crippen LogP contribution in [-0.2, 0) is 11.2 Å². The van der Waals surface area contributed by atoms with Gasteiger partial charge in [0.15, 0.2) is 0 Å². The summed E-state index contributed by atoms with van der Waals surface area (Å²) in [5.74, 6) is 0.781. The smallest absolute Gasteiger partial charge is 0.147 e. The summed E-state index contributed by atoms with van der Waals surface area (Å²) in [6.07, 6.45) is 0.433. The number of carbonyl (C=O) groups is 1. The Bertz CT molecular complexity index is 407. The number of carbonyl (C=O) groups excluding carboxylic acids is 1. The van der Waals surface area contributed by atoms with Crippen molar-refractivity contribution in [2.45, 2.75) is 38.9 Å². The van der Waals surface area contributed by atoms with Crippen LogP contribution in [0.3, 0.4) is 0 Å². The molecular formula is C14H19ClOS. The summed E-state index contributed by atoms with van der Waals surface area (Å²) in [5.41, 5.74) is 2.05. The Balaban J connectivity index is 2.57. The molecule has 0 unspecified atom stereocenters. The third-order valence-electron chi connectivity index (χ3n) is 2.26. The van der Waals surface area contributed by atoms with Crippen LogP contribution in [0.25, 0.3) is 0 Å². The molecule has 0 atom stereocenters. The average molecular weight is 271 g/mol. The molecule has 17 heavy (non-hydrogen) atoms. The molecule has 0 aromatic heterocycles. The van der Waals surface area contributed by atoms with Gasteiger partial charge in [0.2, 0.25) is 0 Å². The lowest BCUT2D eigenvalue weighted by Crippen LogP contribution is -2.14. The molecule has 0 radical (unpaired) electrons. The molecule has 0 saturated carbocycles. The zero-order valence-corrected chi connectivity index (χ0v) is 12.4. The largest absolute Gasteiger partial charge is 0.298 e. The van der Waals surface area contributed by atoms with Gasteiger partial charge in [-0.2, -0.15) is 0 Å². The van der Waals surface area contributed by atoms with Gasteiger partial charge in [-0.05, 0) is 24.1 Å². The van der Waals surface area contributed by atoms with E-state index in [4.69, 9.17) is 11.6 Å². The Morgan fingerprint density at radius 3 is 2.53 bits per heavy atom. The Labute approximate surface area is 113 Å². The molecule has 0 fully saturated rings. The molecule has 1 aromatic rings. The zero-order valence-electron chi connectivity index (χ0n) is 10.8. The minimum atomic E-state index is 0.132. The molecule has 0 aliphatic heterocycles. The van der Waals surface area contributed by atoms with Gasteiger partial charge in [-0.3, -0.25) is 4.79 Å². The van der Waals surface area contributed by atoms with E-state index in [1.54, 1.807) is 11.8 Å². The highest BCUT2D eigenvalue weighted by Gasteiger charge is 2.14. The molecule has 0 bridgehead atoms. The van der Waals surface area contributed by atoms with Crippen molar-refractivity contribution < 1.29 is 4.79 Å². The molecule has 0 saturated heterocycles. The third kappa shape index (κ3) is 5.60. The van der Waals surface area contributed by atoms with Crippen LogP contribution in [0.4, 0.5) is 0 Å². The fourth-order valence-corrected chi connectivity index (χ4v) is 2.35. The number of benzene rings is 1. The molecule has 0 amide bonds. The Morgan fingerprint density at radius 2 is 2.00 bits per heavy atom. The number of aryl methyl sites for hydroxylation is 1. The molecule has 1 aromatic carbocycles. The van der Waals surface area contributed by atoms with Crippen molar-refractivity contribution in [2.24, 2.45) is 0 Å². The molecule has 0 N–H and O–H groups in total. The van der Waals surface area contributed by atoms with Crippen LogP contribution in [0.1, 0.15) is 31.9 Å². The van der Waals surface area contributed by atoms with Crippen LogP contribution < -0.4 is 0 Å². The Hall–Kier alpha value is -0.470. The Morgan fingerprint density at radius 1 is 1.35 bits per heavy atom. The van der Waals surface area contributed by atoms with Crippen LogP contribution in [0, 0.1) is 6.92 Å². The standard InChI is InChI=1S/C14H19ClOS/c1-10-5-6-11(13(15)7-10)8-12(16)9-17-14(2,3)4/h5-7H,8-9H2,1-4H3. The lowest BCUT2D eigenvalue weighted by Gasteiger charge is -2.16. The first-order chi connectivity index (χ1) is 7.78. The predicted octanol–water partition coefficient (Wildman–Crippen LogP) is 4.29. The zero-order chi connectivity index (χ0) is 13.1. The van der Waals surface area contributed by atoms with Gasteiger partial charge < -0.3 is 0 Å². The predicted molar refractivity (Wildman–Crippen MR) is 77.1 cm³/mol. The minimum Gasteiger partial charge on any atom is -0.298 e. The second kappa shape index (κ2) is 5.92. The first-order valence-corrected chi connectivity index (χ1v) is 7.05.